The highest BCUT2D eigenvalue weighted by Gasteiger charge is 2.54. The van der Waals surface area contributed by atoms with E-state index in [2.05, 4.69) is 52.2 Å². The molecule has 2 aliphatic rings. The number of rotatable bonds is 84. The second-order valence-electron chi connectivity index (χ2n) is 36.0. The molecule has 2 fully saturated rings. The van der Waals surface area contributed by atoms with Crippen molar-refractivity contribution in [2.75, 3.05) is 13.2 Å². The van der Waals surface area contributed by atoms with Crippen LogP contribution in [0.4, 0.5) is 0 Å². The van der Waals surface area contributed by atoms with Gasteiger partial charge in [-0.1, -0.05) is 388 Å². The van der Waals surface area contributed by atoms with Crippen molar-refractivity contribution in [3.63, 3.8) is 0 Å². The van der Waals surface area contributed by atoms with E-state index in [1.807, 2.05) is 0 Å². The third-order valence-electron chi connectivity index (χ3n) is 24.4. The second kappa shape index (κ2) is 76.7. The molecular weight excluding hydrogens is 1560 g/mol. The van der Waals surface area contributed by atoms with Gasteiger partial charge in [-0.3, -0.25) is 33.3 Å². The maximum Gasteiger partial charge on any atom is 0.470 e. The lowest BCUT2D eigenvalue weighted by molar-refractivity contribution is -0.285. The molecule has 24 heteroatoms. The van der Waals surface area contributed by atoms with Crippen LogP contribution >= 0.6 is 7.82 Å². The minimum absolute atomic E-state index is 0.126. The van der Waals surface area contributed by atoms with E-state index in [1.54, 1.807) is 6.92 Å². The van der Waals surface area contributed by atoms with E-state index in [-0.39, 0.29) is 19.3 Å². The second-order valence-corrected chi connectivity index (χ2v) is 37.2. The normalized spacial score (nSPS) is 20.4. The van der Waals surface area contributed by atoms with Crippen molar-refractivity contribution in [1.82, 2.24) is 10.6 Å². The Morgan fingerprint density at radius 1 is 0.355 bits per heavy atom. The number of carbonyl (C=O) groups excluding carboxylic acids is 6. The zero-order valence-corrected chi connectivity index (χ0v) is 78.7. The standard InChI is InChI=1S/C97H183N2O21P/c1-8-14-20-26-32-38-40-46-52-58-64-70-87(105)115-81(68-62-56-50-44-36-30-24-18-12-5)74-86(104)99-92-96(119-90(108)75-82(69-63-57-51-45-37-31-25-19-13-6)116-88(106)71-65-59-53-47-41-39-33-27-21-15-9-2)94(120-121(110,111)112)83(76-100)117-97(92)113-77-84-93(109)95(118-89(107)73-80(102)67-61-55-49-43-35-29-23-17-11-4)91(78(7)114-84)98-85(103)72-79(101)66-60-54-48-42-34-28-22-16-10-3/h78-84,91-97,100-102,109H,8-77H2,1-7H3,(H,98,103)(H,99,104)(H2,110,111,112)/t78-,79-,80-,81-,82-,83?,84?,91?,92?,93-,94-,95-,96-,97-/m1/s1. The third-order valence-corrected chi connectivity index (χ3v) is 24.9. The van der Waals surface area contributed by atoms with Crippen LogP contribution in [0.3, 0.4) is 0 Å². The quantitative estimate of drug-likeness (QED) is 0.0121. The Morgan fingerprint density at radius 3 is 1.02 bits per heavy atom. The molecule has 2 heterocycles. The van der Waals surface area contributed by atoms with Crippen molar-refractivity contribution in [3.8, 4) is 0 Å². The highest BCUT2D eigenvalue weighted by Crippen LogP contribution is 2.43. The fraction of sp³-hybridized carbons (Fsp3) is 0.938. The van der Waals surface area contributed by atoms with Gasteiger partial charge in [-0.05, 0) is 58.3 Å². The van der Waals surface area contributed by atoms with Crippen LogP contribution in [0.2, 0.25) is 0 Å². The topological polar surface area (TPSA) is 339 Å². The number of phosphoric ester groups is 1. The molecule has 8 N–H and O–H groups in total. The molecule has 0 aromatic heterocycles. The summed E-state index contributed by atoms with van der Waals surface area (Å²) in [6, 6.07) is -2.96. The monoisotopic (exact) mass is 1740 g/mol. The van der Waals surface area contributed by atoms with E-state index in [0.29, 0.717) is 64.2 Å². The maximum absolute atomic E-state index is 15.2. The summed E-state index contributed by atoms with van der Waals surface area (Å²) < 4.78 is 62.8. The molecule has 2 saturated heterocycles. The van der Waals surface area contributed by atoms with Gasteiger partial charge in [-0.2, -0.15) is 0 Å². The van der Waals surface area contributed by atoms with E-state index < -0.39 is 162 Å². The average Bonchev–Trinajstić information content (AvgIpc) is 0.777. The first-order valence-electron chi connectivity index (χ1n) is 50.3. The number of amides is 2. The minimum Gasteiger partial charge on any atom is -0.462 e. The molecule has 2 aliphatic heterocycles. The van der Waals surface area contributed by atoms with Gasteiger partial charge in [0.15, 0.2) is 18.5 Å². The lowest BCUT2D eigenvalue weighted by Gasteiger charge is -2.47. The third kappa shape index (κ3) is 60.9. The van der Waals surface area contributed by atoms with E-state index in [4.69, 9.17) is 37.7 Å². The number of esters is 4. The van der Waals surface area contributed by atoms with Crippen LogP contribution in [0.15, 0.2) is 0 Å². The van der Waals surface area contributed by atoms with Gasteiger partial charge in [0, 0.05) is 12.8 Å². The Morgan fingerprint density at radius 2 is 0.661 bits per heavy atom. The predicted octanol–water partition coefficient (Wildman–Crippen LogP) is 22.3. The van der Waals surface area contributed by atoms with Crippen molar-refractivity contribution in [2.24, 2.45) is 0 Å². The Kier molecular flexibility index (Phi) is 72.1. The van der Waals surface area contributed by atoms with E-state index >= 15 is 4.79 Å². The first-order valence-corrected chi connectivity index (χ1v) is 51.8. The van der Waals surface area contributed by atoms with Gasteiger partial charge >= 0.3 is 31.7 Å². The van der Waals surface area contributed by atoms with Crippen LogP contribution in [0.1, 0.15) is 485 Å². The van der Waals surface area contributed by atoms with Crippen LogP contribution in [0, 0.1) is 0 Å². The van der Waals surface area contributed by atoms with Crippen LogP contribution in [0.5, 0.6) is 0 Å². The number of ether oxygens (including phenoxy) is 7. The van der Waals surface area contributed by atoms with Gasteiger partial charge in [0.2, 0.25) is 11.8 Å². The van der Waals surface area contributed by atoms with Gasteiger partial charge in [-0.15, -0.1) is 0 Å². The minimum atomic E-state index is -5.59. The summed E-state index contributed by atoms with van der Waals surface area (Å²) in [5, 5.41) is 51.9. The number of aliphatic hydroxyl groups excluding tert-OH is 4. The summed E-state index contributed by atoms with van der Waals surface area (Å²) in [5.74, 6) is -4.17. The number of hydrogen-bond acceptors (Lipinski definition) is 19. The summed E-state index contributed by atoms with van der Waals surface area (Å²) in [7, 11) is -5.59. The lowest BCUT2D eigenvalue weighted by atomic mass is 9.92. The molecule has 0 aromatic carbocycles. The number of unbranched alkanes of at least 4 members (excludes halogenated alkanes) is 52. The van der Waals surface area contributed by atoms with Crippen molar-refractivity contribution in [1.29, 1.82) is 0 Å². The largest absolute Gasteiger partial charge is 0.470 e. The molecule has 23 nitrogen and oxygen atoms in total. The molecule has 2 amide bonds. The summed E-state index contributed by atoms with van der Waals surface area (Å²) in [5.41, 5.74) is 0. The number of hydrogen-bond donors (Lipinski definition) is 8. The zero-order chi connectivity index (χ0) is 88.6. The van der Waals surface area contributed by atoms with Gasteiger partial charge < -0.3 is 74.0 Å². The number of aliphatic hydroxyl groups is 4. The van der Waals surface area contributed by atoms with Crippen molar-refractivity contribution < 1.29 is 101 Å². The molecule has 2 rings (SSSR count). The average molecular weight is 1740 g/mol. The van der Waals surface area contributed by atoms with E-state index in [1.165, 1.54) is 154 Å². The Labute approximate surface area is 735 Å². The van der Waals surface area contributed by atoms with Crippen molar-refractivity contribution in [2.45, 2.75) is 571 Å². The Hall–Kier alpha value is -3.35. The zero-order valence-electron chi connectivity index (χ0n) is 77.8. The van der Waals surface area contributed by atoms with Crippen LogP contribution < -0.4 is 10.6 Å². The predicted molar refractivity (Wildman–Crippen MR) is 482 cm³/mol. The van der Waals surface area contributed by atoms with Crippen LogP contribution in [0.25, 0.3) is 0 Å². The molecule has 712 valence electrons. The fourth-order valence-electron chi connectivity index (χ4n) is 17.0. The molecule has 0 radical (unpaired) electrons. The Bertz CT molecular complexity index is 2550. The lowest BCUT2D eigenvalue weighted by Crippen LogP contribution is -2.67. The van der Waals surface area contributed by atoms with Gasteiger partial charge in [0.25, 0.3) is 0 Å². The molecule has 0 saturated carbocycles. The SMILES string of the molecule is CCCCCCCCCCCCCC(=O)O[C@H](CCCCCCCCCCC)CC(=O)NC1[C@H](OCC2O[C@H](C)C(NC(=O)C[C@H](O)CCCCCCCCCCC)[C@@H](OC(=O)C[C@H](O)CCCCCCCCCCC)[C@@H]2O)OC(CO)[C@@H](OP(=O)(O)O)[C@@H]1OC(=O)C[C@@H](CCCCCCCCCCC)OC(=O)CCCCCCCCCCCCC. The smallest absolute Gasteiger partial charge is 0.462 e. The molecule has 0 aromatic rings. The molecule has 4 unspecified atom stereocenters. The molecule has 0 aliphatic carbocycles. The molecular formula is C97H183N2O21P. The van der Waals surface area contributed by atoms with E-state index in [9.17, 15) is 58.8 Å². The first-order chi connectivity index (χ1) is 58.6. The molecule has 121 heavy (non-hydrogen) atoms. The van der Waals surface area contributed by atoms with Crippen molar-refractivity contribution in [3.05, 3.63) is 0 Å². The summed E-state index contributed by atoms with van der Waals surface area (Å²) in [6.07, 6.45) is 44.1. The van der Waals surface area contributed by atoms with Crippen LogP contribution in [-0.4, -0.2) is 165 Å². The summed E-state index contributed by atoms with van der Waals surface area (Å²) >= 11 is 0. The molecule has 0 bridgehead atoms. The van der Waals surface area contributed by atoms with Crippen LogP contribution in [-0.2, 0) is 71.0 Å². The molecule has 0 spiro atoms. The fourth-order valence-corrected chi connectivity index (χ4v) is 17.5. The maximum atomic E-state index is 15.2. The number of phosphoric acid groups is 1. The number of nitrogens with one attached hydrogen (secondary N) is 2. The van der Waals surface area contributed by atoms with Gasteiger partial charge in [0.1, 0.15) is 42.7 Å². The van der Waals surface area contributed by atoms with Gasteiger partial charge in [-0.25, -0.2) is 4.57 Å². The summed E-state index contributed by atoms with van der Waals surface area (Å²) in [4.78, 5) is 107. The first kappa shape index (κ1) is 114. The van der Waals surface area contributed by atoms with Gasteiger partial charge in [0.05, 0.1) is 63.3 Å². The molecule has 14 atom stereocenters. The highest BCUT2D eigenvalue weighted by molar-refractivity contribution is 7.46. The van der Waals surface area contributed by atoms with E-state index in [0.717, 1.165) is 180 Å². The highest BCUT2D eigenvalue weighted by atomic mass is 31.2. The Balaban J connectivity index is 2.73. The van der Waals surface area contributed by atoms with Crippen molar-refractivity contribution >= 4 is 43.5 Å². The summed E-state index contributed by atoms with van der Waals surface area (Å²) in [6.45, 7) is 13.1. The number of carbonyl (C=O) groups is 6.